The summed E-state index contributed by atoms with van der Waals surface area (Å²) in [6.45, 7) is 8.90. The number of rotatable bonds is 35. The minimum Gasteiger partial charge on any atom is -0.392 e. The Morgan fingerprint density at radius 3 is 1.32 bits per heavy atom. The summed E-state index contributed by atoms with van der Waals surface area (Å²) in [5.74, 6) is 2.34. The van der Waals surface area contributed by atoms with Gasteiger partial charge in [0, 0.05) is 24.6 Å². The Labute approximate surface area is 301 Å². The molecule has 2 atom stereocenters. The van der Waals surface area contributed by atoms with E-state index in [1.807, 2.05) is 21.6 Å². The Kier molecular flexibility index (Phi) is 38.6. The fraction of sp³-hybridized carbons (Fsp3) is 0.714. The van der Waals surface area contributed by atoms with Gasteiger partial charge in [-0.1, -0.05) is 154 Å². The summed E-state index contributed by atoms with van der Waals surface area (Å²) in [7, 11) is 3.93. The molecule has 0 aliphatic rings. The highest BCUT2D eigenvalue weighted by Crippen LogP contribution is 2.22. The van der Waals surface area contributed by atoms with Crippen molar-refractivity contribution in [3.05, 3.63) is 72.9 Å². The monoisotopic (exact) mass is 690 g/mol. The predicted molar refractivity (Wildman–Crippen MR) is 218 cm³/mol. The van der Waals surface area contributed by atoms with Crippen LogP contribution in [0, 0.1) is 0 Å². The maximum atomic E-state index is 10.8. The average molecular weight is 690 g/mol. The molecule has 272 valence electrons. The molecule has 0 bridgehead atoms. The van der Waals surface area contributed by atoms with Gasteiger partial charge in [0.25, 0.3) is 0 Å². The van der Waals surface area contributed by atoms with Crippen LogP contribution in [0.25, 0.3) is 0 Å². The Hall–Kier alpha value is -0.980. The average Bonchev–Trinajstić information content (AvgIpc) is 3.06. The minimum atomic E-state index is -0.301. The van der Waals surface area contributed by atoms with Crippen LogP contribution in [0.3, 0.4) is 0 Å². The van der Waals surface area contributed by atoms with Gasteiger partial charge in [0.15, 0.2) is 0 Å². The van der Waals surface area contributed by atoms with Crippen molar-refractivity contribution in [2.24, 2.45) is 0 Å². The zero-order chi connectivity index (χ0) is 34.3. The molecule has 5 heteroatoms. The van der Waals surface area contributed by atoms with E-state index in [4.69, 9.17) is 0 Å². The molecule has 2 N–H and O–H groups in total. The van der Waals surface area contributed by atoms with Crippen LogP contribution in [0.1, 0.15) is 149 Å². The first-order chi connectivity index (χ1) is 23.1. The lowest BCUT2D eigenvalue weighted by molar-refractivity contribution is 0.0607. The number of hydrogen-bond donors (Lipinski definition) is 2. The second-order valence-electron chi connectivity index (χ2n) is 12.6. The zero-order valence-electron chi connectivity index (χ0n) is 30.9. The van der Waals surface area contributed by atoms with Crippen molar-refractivity contribution < 1.29 is 10.2 Å². The van der Waals surface area contributed by atoms with Gasteiger partial charge < -0.3 is 10.2 Å². The van der Waals surface area contributed by atoms with E-state index in [1.165, 1.54) is 50.7 Å². The summed E-state index contributed by atoms with van der Waals surface area (Å²) < 4.78 is 0. The van der Waals surface area contributed by atoms with Crippen LogP contribution in [0.15, 0.2) is 72.9 Å². The Morgan fingerprint density at radius 1 is 0.468 bits per heavy atom. The van der Waals surface area contributed by atoms with Crippen LogP contribution in [-0.2, 0) is 0 Å². The van der Waals surface area contributed by atoms with Crippen molar-refractivity contribution >= 4 is 21.6 Å². The zero-order valence-corrected chi connectivity index (χ0v) is 32.6. The van der Waals surface area contributed by atoms with Crippen LogP contribution in [0.2, 0.25) is 0 Å². The highest BCUT2D eigenvalue weighted by atomic mass is 33.1. The fourth-order valence-corrected chi connectivity index (χ4v) is 7.44. The molecule has 0 aromatic heterocycles. The normalized spacial score (nSPS) is 14.2. The lowest BCUT2D eigenvalue weighted by Crippen LogP contribution is -2.39. The minimum absolute atomic E-state index is 0.301. The van der Waals surface area contributed by atoms with Crippen molar-refractivity contribution in [1.82, 2.24) is 4.90 Å². The molecule has 0 aromatic carbocycles. The van der Waals surface area contributed by atoms with Crippen molar-refractivity contribution in [2.45, 2.75) is 161 Å². The van der Waals surface area contributed by atoms with Gasteiger partial charge in [-0.25, -0.2) is 0 Å². The van der Waals surface area contributed by atoms with Gasteiger partial charge in [-0.3, -0.25) is 4.90 Å². The largest absolute Gasteiger partial charge is 0.392 e. The molecule has 2 unspecified atom stereocenters. The van der Waals surface area contributed by atoms with Gasteiger partial charge in [-0.15, -0.1) is 0 Å². The first-order valence-electron chi connectivity index (χ1n) is 19.4. The Bertz CT molecular complexity index is 746. The molecule has 0 aromatic rings. The molecular weight excluding hydrogens is 615 g/mol. The molecule has 0 aliphatic carbocycles. The molecule has 47 heavy (non-hydrogen) atoms. The number of unbranched alkanes of at least 4 members (excludes halogenated alkanes) is 8. The molecule has 0 heterocycles. The van der Waals surface area contributed by atoms with Gasteiger partial charge in [-0.2, -0.15) is 0 Å². The smallest absolute Gasteiger partial charge is 0.0667 e. The second-order valence-corrected chi connectivity index (χ2v) is 15.3. The third kappa shape index (κ3) is 37.7. The number of aliphatic hydroxyl groups excluding tert-OH is 2. The first-order valence-corrected chi connectivity index (χ1v) is 21.9. The SMILES string of the molecule is CC/C=C\C/C=C\C/C=C\CCCCCCC(O)CN(CCCSSCCC)CC(O)CCCCCC/C=C\C/C=C\C/C=C\CC. The molecule has 0 saturated heterocycles. The summed E-state index contributed by atoms with van der Waals surface area (Å²) in [6.07, 6.45) is 48.6. The maximum Gasteiger partial charge on any atom is 0.0667 e. The molecule has 0 aliphatic heterocycles. The van der Waals surface area contributed by atoms with Crippen LogP contribution in [0.4, 0.5) is 0 Å². The lowest BCUT2D eigenvalue weighted by atomic mass is 10.1. The first kappa shape index (κ1) is 46.0. The number of nitrogens with zero attached hydrogens (tertiary/aromatic N) is 1. The summed E-state index contributed by atoms with van der Waals surface area (Å²) in [4.78, 5) is 2.33. The van der Waals surface area contributed by atoms with Gasteiger partial charge in [0.2, 0.25) is 0 Å². The van der Waals surface area contributed by atoms with Crippen molar-refractivity contribution in [1.29, 1.82) is 0 Å². The van der Waals surface area contributed by atoms with Crippen molar-refractivity contribution in [3.8, 4) is 0 Å². The topological polar surface area (TPSA) is 43.7 Å². The molecule has 0 fully saturated rings. The predicted octanol–water partition coefficient (Wildman–Crippen LogP) is 12.6. The molecule has 0 radical (unpaired) electrons. The Balaban J connectivity index is 4.18. The lowest BCUT2D eigenvalue weighted by Gasteiger charge is -2.27. The van der Waals surface area contributed by atoms with Crippen LogP contribution >= 0.6 is 21.6 Å². The van der Waals surface area contributed by atoms with Gasteiger partial charge in [-0.05, 0) is 96.4 Å². The van der Waals surface area contributed by atoms with Crippen molar-refractivity contribution in [2.75, 3.05) is 31.1 Å². The molecule has 0 rings (SSSR count). The van der Waals surface area contributed by atoms with E-state index in [2.05, 4.69) is 98.6 Å². The summed E-state index contributed by atoms with van der Waals surface area (Å²) in [5, 5.41) is 21.7. The van der Waals surface area contributed by atoms with Gasteiger partial charge in [0.1, 0.15) is 0 Å². The number of allylic oxidation sites excluding steroid dienone is 12. The molecular formula is C42H75NO2S2. The summed E-state index contributed by atoms with van der Waals surface area (Å²) in [5.41, 5.74) is 0. The van der Waals surface area contributed by atoms with E-state index in [-0.39, 0.29) is 12.2 Å². The molecule has 0 spiro atoms. The van der Waals surface area contributed by atoms with Gasteiger partial charge >= 0.3 is 0 Å². The van der Waals surface area contributed by atoms with E-state index in [0.717, 1.165) is 95.8 Å². The fourth-order valence-electron chi connectivity index (χ4n) is 5.23. The quantitative estimate of drug-likeness (QED) is 0.0394. The van der Waals surface area contributed by atoms with E-state index in [9.17, 15) is 10.2 Å². The molecule has 3 nitrogen and oxygen atoms in total. The van der Waals surface area contributed by atoms with Crippen LogP contribution in [-0.4, -0.2) is 58.5 Å². The van der Waals surface area contributed by atoms with E-state index in [1.54, 1.807) is 0 Å². The van der Waals surface area contributed by atoms with Crippen molar-refractivity contribution in [3.63, 3.8) is 0 Å². The molecule has 0 saturated carbocycles. The van der Waals surface area contributed by atoms with Crippen LogP contribution < -0.4 is 0 Å². The third-order valence-electron chi connectivity index (χ3n) is 7.89. The Morgan fingerprint density at radius 2 is 0.872 bits per heavy atom. The van der Waals surface area contributed by atoms with E-state index < -0.39 is 0 Å². The summed E-state index contributed by atoms with van der Waals surface area (Å²) in [6, 6.07) is 0. The highest BCUT2D eigenvalue weighted by Gasteiger charge is 2.15. The highest BCUT2D eigenvalue weighted by molar-refractivity contribution is 8.76. The van der Waals surface area contributed by atoms with Crippen LogP contribution in [0.5, 0.6) is 0 Å². The number of aliphatic hydroxyl groups is 2. The standard InChI is InChI=1S/C42H75NO2S2/c1-4-7-9-11-13-15-17-19-21-23-25-27-29-31-34-41(44)39-43(36-33-38-47-46-37-6-3)40-42(45)35-32-30-28-26-24-22-20-18-16-14-12-10-8-5-2/h7-10,13-16,19-22,41-42,44-45H,4-6,11-12,17-18,23-40H2,1-3H3/b9-7-,10-8-,15-13-,16-14-,21-19-,22-20-. The van der Waals surface area contributed by atoms with E-state index >= 15 is 0 Å². The second kappa shape index (κ2) is 39.5. The number of hydrogen-bond acceptors (Lipinski definition) is 5. The summed E-state index contributed by atoms with van der Waals surface area (Å²) >= 11 is 0. The molecule has 0 amide bonds. The van der Waals surface area contributed by atoms with E-state index in [0.29, 0.717) is 13.1 Å². The van der Waals surface area contributed by atoms with Gasteiger partial charge in [0.05, 0.1) is 12.2 Å². The maximum absolute atomic E-state index is 10.8. The third-order valence-corrected chi connectivity index (χ3v) is 10.6.